The minimum absolute atomic E-state index is 0.0820. The lowest BCUT2D eigenvalue weighted by Gasteiger charge is -2.32. The van der Waals surface area contributed by atoms with E-state index in [1.165, 1.54) is 21.9 Å². The fourth-order valence-electron chi connectivity index (χ4n) is 5.87. The van der Waals surface area contributed by atoms with Gasteiger partial charge in [-0.25, -0.2) is 4.79 Å². The van der Waals surface area contributed by atoms with Crippen molar-refractivity contribution in [3.05, 3.63) is 119 Å². The summed E-state index contributed by atoms with van der Waals surface area (Å²) in [6.07, 6.45) is 4.46. The van der Waals surface area contributed by atoms with E-state index in [1.54, 1.807) is 12.1 Å². The van der Waals surface area contributed by atoms with E-state index in [1.807, 2.05) is 42.5 Å². The molecule has 6 nitrogen and oxygen atoms in total. The normalized spacial score (nSPS) is 18.4. The molecule has 0 heterocycles. The Morgan fingerprint density at radius 2 is 1.63 bits per heavy atom. The van der Waals surface area contributed by atoms with E-state index in [4.69, 9.17) is 4.74 Å². The van der Waals surface area contributed by atoms with E-state index in [2.05, 4.69) is 60.0 Å². The lowest BCUT2D eigenvalue weighted by atomic mass is 9.80. The molecule has 4 atom stereocenters. The zero-order chi connectivity index (χ0) is 28.6. The molecule has 3 N–H and O–H groups in total. The molecule has 1 saturated carbocycles. The summed E-state index contributed by atoms with van der Waals surface area (Å²) in [5.41, 5.74) is 3.82. The van der Waals surface area contributed by atoms with Crippen LogP contribution in [0.3, 0.4) is 0 Å². The minimum Gasteiger partial charge on any atom is -0.459 e. The number of esters is 1. The molecule has 1 amide bonds. The van der Waals surface area contributed by atoms with Gasteiger partial charge in [-0.15, -0.1) is 0 Å². The van der Waals surface area contributed by atoms with Crippen LogP contribution >= 0.6 is 0 Å². The number of nitrogens with one attached hydrogen (secondary N) is 2. The average Bonchev–Trinajstić information content (AvgIpc) is 3.02. The summed E-state index contributed by atoms with van der Waals surface area (Å²) in [5.74, 6) is -0.671. The zero-order valence-corrected chi connectivity index (χ0v) is 23.5. The number of carbonyl (C=O) groups excluding carboxylic acids is 2. The van der Waals surface area contributed by atoms with E-state index in [0.717, 1.165) is 31.2 Å². The first-order chi connectivity index (χ1) is 20.0. The summed E-state index contributed by atoms with van der Waals surface area (Å²) in [4.78, 5) is 25.3. The molecule has 41 heavy (non-hydrogen) atoms. The van der Waals surface area contributed by atoms with Crippen LogP contribution in [0.4, 0.5) is 0 Å². The number of benzene rings is 4. The van der Waals surface area contributed by atoms with Crippen LogP contribution in [0.1, 0.15) is 71.6 Å². The first-order valence-electron chi connectivity index (χ1n) is 14.5. The van der Waals surface area contributed by atoms with E-state index in [9.17, 15) is 14.7 Å². The van der Waals surface area contributed by atoms with E-state index in [-0.39, 0.29) is 12.6 Å². The van der Waals surface area contributed by atoms with Crippen molar-refractivity contribution in [2.75, 3.05) is 6.61 Å². The van der Waals surface area contributed by atoms with Crippen LogP contribution in [-0.2, 0) is 16.1 Å². The maximum atomic E-state index is 12.8. The highest BCUT2D eigenvalue weighted by atomic mass is 16.5. The molecule has 1 aliphatic rings. The lowest BCUT2D eigenvalue weighted by Crippen LogP contribution is -2.44. The SMILES string of the molecule is C[C@@H](N[C@H]1CCC[C@H](c2ccc(C(=O)N[C@@H](CO)C(=O)OCc3ccccc3)cc2)C1)c1cccc2ccccc12. The molecule has 4 aromatic rings. The Bertz CT molecular complexity index is 1450. The van der Waals surface area contributed by atoms with Crippen molar-refractivity contribution in [3.63, 3.8) is 0 Å². The summed E-state index contributed by atoms with van der Waals surface area (Å²) in [5, 5.41) is 18.7. The molecule has 4 aromatic carbocycles. The van der Waals surface area contributed by atoms with Gasteiger partial charge in [0, 0.05) is 17.6 Å². The van der Waals surface area contributed by atoms with Crippen LogP contribution in [-0.4, -0.2) is 35.7 Å². The van der Waals surface area contributed by atoms with Crippen molar-refractivity contribution in [3.8, 4) is 0 Å². The van der Waals surface area contributed by atoms with Gasteiger partial charge < -0.3 is 20.5 Å². The molecule has 6 heteroatoms. The largest absolute Gasteiger partial charge is 0.459 e. The van der Waals surface area contributed by atoms with Gasteiger partial charge in [-0.05, 0) is 71.7 Å². The molecule has 1 aliphatic carbocycles. The number of carbonyl (C=O) groups is 2. The highest BCUT2D eigenvalue weighted by molar-refractivity contribution is 5.96. The standard InChI is InChI=1S/C35H38N2O4/c1-24(31-16-8-12-27-11-5-6-15-32(27)31)36-30-14-7-13-29(21-30)26-17-19-28(20-18-26)34(39)37-33(22-38)35(40)41-23-25-9-3-2-4-10-25/h2-6,8-12,15-20,24,29-30,33,36,38H,7,13-14,21-23H2,1H3,(H,37,39)/t24-,29+,30+,33+/m1/s1. The molecule has 0 radical (unpaired) electrons. The Morgan fingerprint density at radius 3 is 2.41 bits per heavy atom. The summed E-state index contributed by atoms with van der Waals surface area (Å²) < 4.78 is 5.28. The molecule has 5 rings (SSSR count). The number of hydrogen-bond donors (Lipinski definition) is 3. The predicted molar refractivity (Wildman–Crippen MR) is 162 cm³/mol. The van der Waals surface area contributed by atoms with Crippen LogP contribution in [0, 0.1) is 0 Å². The number of ether oxygens (including phenoxy) is 1. The number of aliphatic hydroxyl groups excluding tert-OH is 1. The fraction of sp³-hybridized carbons (Fsp3) is 0.314. The topological polar surface area (TPSA) is 87.7 Å². The zero-order valence-electron chi connectivity index (χ0n) is 23.5. The second kappa shape index (κ2) is 13.6. The number of hydrogen-bond acceptors (Lipinski definition) is 5. The Morgan fingerprint density at radius 1 is 0.902 bits per heavy atom. The van der Waals surface area contributed by atoms with Crippen LogP contribution in [0.2, 0.25) is 0 Å². The van der Waals surface area contributed by atoms with Crippen LogP contribution in [0.15, 0.2) is 97.1 Å². The van der Waals surface area contributed by atoms with Gasteiger partial charge in [0.15, 0.2) is 6.04 Å². The van der Waals surface area contributed by atoms with Gasteiger partial charge in [0.2, 0.25) is 0 Å². The van der Waals surface area contributed by atoms with Crippen molar-refractivity contribution in [1.29, 1.82) is 0 Å². The molecular formula is C35H38N2O4. The first kappa shape index (κ1) is 28.5. The van der Waals surface area contributed by atoms with E-state index in [0.29, 0.717) is 17.5 Å². The van der Waals surface area contributed by atoms with Crippen molar-refractivity contribution >= 4 is 22.6 Å². The molecule has 0 saturated heterocycles. The first-order valence-corrected chi connectivity index (χ1v) is 14.5. The van der Waals surface area contributed by atoms with Gasteiger partial charge in [0.1, 0.15) is 6.61 Å². The molecule has 0 bridgehead atoms. The van der Waals surface area contributed by atoms with Gasteiger partial charge in [-0.2, -0.15) is 0 Å². The third-order valence-electron chi connectivity index (χ3n) is 8.09. The Labute approximate surface area is 241 Å². The molecule has 0 unspecified atom stereocenters. The Kier molecular flexibility index (Phi) is 9.44. The molecule has 0 spiro atoms. The van der Waals surface area contributed by atoms with Crippen molar-refractivity contribution < 1.29 is 19.4 Å². The number of aliphatic hydroxyl groups is 1. The molecule has 1 fully saturated rings. The summed E-state index contributed by atoms with van der Waals surface area (Å²) in [7, 11) is 0. The van der Waals surface area contributed by atoms with Crippen molar-refractivity contribution in [2.24, 2.45) is 0 Å². The van der Waals surface area contributed by atoms with E-state index < -0.39 is 24.5 Å². The summed E-state index contributed by atoms with van der Waals surface area (Å²) in [6, 6.07) is 31.5. The van der Waals surface area contributed by atoms with Gasteiger partial charge >= 0.3 is 5.97 Å². The third kappa shape index (κ3) is 7.20. The minimum atomic E-state index is -1.13. The molecule has 0 aromatic heterocycles. The van der Waals surface area contributed by atoms with Crippen molar-refractivity contribution in [2.45, 2.75) is 63.3 Å². The summed E-state index contributed by atoms with van der Waals surface area (Å²) in [6.45, 7) is 1.79. The second-order valence-electron chi connectivity index (χ2n) is 10.9. The van der Waals surface area contributed by atoms with Gasteiger partial charge in [0.05, 0.1) is 6.61 Å². The highest BCUT2D eigenvalue weighted by Gasteiger charge is 2.26. The van der Waals surface area contributed by atoms with Crippen LogP contribution in [0.5, 0.6) is 0 Å². The van der Waals surface area contributed by atoms with Gasteiger partial charge in [-0.1, -0.05) is 91.3 Å². The maximum absolute atomic E-state index is 12.8. The summed E-state index contributed by atoms with van der Waals surface area (Å²) >= 11 is 0. The monoisotopic (exact) mass is 550 g/mol. The predicted octanol–water partition coefficient (Wildman–Crippen LogP) is 6.05. The number of amides is 1. The molecule has 0 aliphatic heterocycles. The smallest absolute Gasteiger partial charge is 0.331 e. The van der Waals surface area contributed by atoms with Crippen LogP contribution < -0.4 is 10.6 Å². The lowest BCUT2D eigenvalue weighted by molar-refractivity contribution is -0.148. The van der Waals surface area contributed by atoms with Gasteiger partial charge in [0.25, 0.3) is 5.91 Å². The van der Waals surface area contributed by atoms with Gasteiger partial charge in [-0.3, -0.25) is 4.79 Å². The quantitative estimate of drug-likeness (QED) is 0.209. The van der Waals surface area contributed by atoms with Crippen molar-refractivity contribution in [1.82, 2.24) is 10.6 Å². The highest BCUT2D eigenvalue weighted by Crippen LogP contribution is 2.34. The van der Waals surface area contributed by atoms with E-state index >= 15 is 0 Å². The Hall–Kier alpha value is -4.00. The third-order valence-corrected chi connectivity index (χ3v) is 8.09. The fourth-order valence-corrected chi connectivity index (χ4v) is 5.87. The maximum Gasteiger partial charge on any atom is 0.331 e. The molecule has 212 valence electrons. The average molecular weight is 551 g/mol. The number of rotatable bonds is 10. The Balaban J connectivity index is 1.16. The van der Waals surface area contributed by atoms with Crippen LogP contribution in [0.25, 0.3) is 10.8 Å². The molecular weight excluding hydrogens is 512 g/mol. The second-order valence-corrected chi connectivity index (χ2v) is 10.9. The number of fused-ring (bicyclic) bond motifs is 1.